The molecule has 0 atom stereocenters. The van der Waals surface area contributed by atoms with Gasteiger partial charge in [-0.2, -0.15) is 0 Å². The number of benzene rings is 2. The molecule has 0 spiro atoms. The van der Waals surface area contributed by atoms with E-state index in [0.29, 0.717) is 11.5 Å². The summed E-state index contributed by atoms with van der Waals surface area (Å²) in [4.78, 5) is 22.6. The molecule has 0 saturated heterocycles. The molecule has 0 aliphatic rings. The molecule has 2 aromatic rings. The van der Waals surface area contributed by atoms with E-state index in [0.717, 1.165) is 41.7 Å². The van der Waals surface area contributed by atoms with Gasteiger partial charge in [-0.1, -0.05) is 62.9 Å². The molecule has 0 N–H and O–H groups in total. The minimum atomic E-state index is -0.479. The third-order valence-corrected chi connectivity index (χ3v) is 4.28. The van der Waals surface area contributed by atoms with Gasteiger partial charge in [0, 0.05) is 12.2 Å². The minimum Gasteiger partial charge on any atom is -0.423 e. The Morgan fingerprint density at radius 1 is 0.800 bits per heavy atom. The molecule has 0 aliphatic heterocycles. The fourth-order valence-electron chi connectivity index (χ4n) is 2.78. The molecule has 0 heterocycles. The van der Waals surface area contributed by atoms with E-state index >= 15 is 0 Å². The average molecular weight is 402 g/mol. The van der Waals surface area contributed by atoms with Crippen molar-refractivity contribution in [2.24, 2.45) is 0 Å². The molecular weight excluding hydrogens is 376 g/mol. The summed E-state index contributed by atoms with van der Waals surface area (Å²) in [7, 11) is 0. The van der Waals surface area contributed by atoms with Crippen LogP contribution in [0.15, 0.2) is 85.0 Å². The minimum absolute atomic E-state index is 0.478. The van der Waals surface area contributed by atoms with Crippen LogP contribution >= 0.6 is 0 Å². The number of rotatable bonds is 9. The zero-order valence-electron chi connectivity index (χ0n) is 17.4. The lowest BCUT2D eigenvalue weighted by Crippen LogP contribution is -2.02. The largest absolute Gasteiger partial charge is 0.423 e. The summed E-state index contributed by atoms with van der Waals surface area (Å²) in [6.45, 7) is 11.0. The fraction of sp³-hybridized carbons (Fsp3) is 0.154. The van der Waals surface area contributed by atoms with Crippen molar-refractivity contribution in [3.05, 3.63) is 96.1 Å². The van der Waals surface area contributed by atoms with Gasteiger partial charge in [-0.3, -0.25) is 0 Å². The van der Waals surface area contributed by atoms with Gasteiger partial charge in [0.2, 0.25) is 0 Å². The Morgan fingerprint density at radius 2 is 1.23 bits per heavy atom. The van der Waals surface area contributed by atoms with Crippen molar-refractivity contribution in [2.45, 2.75) is 26.7 Å². The molecule has 0 saturated carbocycles. The zero-order valence-corrected chi connectivity index (χ0v) is 17.4. The van der Waals surface area contributed by atoms with Crippen molar-refractivity contribution in [1.82, 2.24) is 0 Å². The van der Waals surface area contributed by atoms with Gasteiger partial charge in [0.15, 0.2) is 0 Å². The molecule has 0 radical (unpaired) electrons. The highest BCUT2D eigenvalue weighted by Crippen LogP contribution is 2.24. The maximum absolute atomic E-state index is 11.3. The van der Waals surface area contributed by atoms with Gasteiger partial charge in [-0.05, 0) is 59.9 Å². The number of carbonyl (C=O) groups is 2. The second-order valence-corrected chi connectivity index (χ2v) is 6.64. The van der Waals surface area contributed by atoms with Crippen LogP contribution < -0.4 is 9.47 Å². The first-order valence-electron chi connectivity index (χ1n) is 9.73. The molecule has 4 nitrogen and oxygen atoms in total. The maximum Gasteiger partial charge on any atom is 0.335 e. The molecular formula is C26H26O4. The first-order chi connectivity index (χ1) is 14.4. The monoisotopic (exact) mass is 402 g/mol. The third-order valence-electron chi connectivity index (χ3n) is 4.28. The van der Waals surface area contributed by atoms with Gasteiger partial charge in [0.25, 0.3) is 0 Å². The molecule has 0 fully saturated rings. The fourth-order valence-corrected chi connectivity index (χ4v) is 2.78. The first-order valence-corrected chi connectivity index (χ1v) is 9.73. The van der Waals surface area contributed by atoms with E-state index in [1.54, 1.807) is 24.3 Å². The Labute approximate surface area is 177 Å². The van der Waals surface area contributed by atoms with E-state index in [1.807, 2.05) is 24.3 Å². The second kappa shape index (κ2) is 11.4. The van der Waals surface area contributed by atoms with Crippen LogP contribution in [0.25, 0.3) is 12.2 Å². The highest BCUT2D eigenvalue weighted by molar-refractivity contribution is 5.83. The number of ether oxygens (including phenoxy) is 2. The molecule has 4 heteroatoms. The molecule has 30 heavy (non-hydrogen) atoms. The Bertz CT molecular complexity index is 961. The van der Waals surface area contributed by atoms with Crippen molar-refractivity contribution < 1.29 is 19.1 Å². The van der Waals surface area contributed by atoms with Crippen molar-refractivity contribution in [1.29, 1.82) is 0 Å². The molecule has 0 aliphatic carbocycles. The lowest BCUT2D eigenvalue weighted by atomic mass is 9.98. The number of hydrogen-bond acceptors (Lipinski definition) is 4. The molecule has 154 valence electrons. The topological polar surface area (TPSA) is 52.6 Å². The van der Waals surface area contributed by atoms with Crippen molar-refractivity contribution in [2.75, 3.05) is 0 Å². The number of carbonyl (C=O) groups excluding carboxylic acids is 2. The van der Waals surface area contributed by atoms with Crippen molar-refractivity contribution >= 4 is 24.1 Å². The van der Waals surface area contributed by atoms with Crippen LogP contribution in [0.4, 0.5) is 0 Å². The van der Waals surface area contributed by atoms with E-state index < -0.39 is 11.9 Å². The Balaban J connectivity index is 2.19. The lowest BCUT2D eigenvalue weighted by Gasteiger charge is -2.09. The van der Waals surface area contributed by atoms with E-state index in [-0.39, 0.29) is 0 Å². The number of allylic oxidation sites excluding steroid dienone is 2. The summed E-state index contributed by atoms with van der Waals surface area (Å²) in [6, 6.07) is 14.7. The molecule has 0 bridgehead atoms. The molecule has 0 unspecified atom stereocenters. The van der Waals surface area contributed by atoms with Crippen molar-refractivity contribution in [3.8, 4) is 11.5 Å². The smallest absolute Gasteiger partial charge is 0.335 e. The van der Waals surface area contributed by atoms with E-state index in [1.165, 1.54) is 5.57 Å². The second-order valence-electron chi connectivity index (χ2n) is 6.64. The summed E-state index contributed by atoms with van der Waals surface area (Å²) >= 11 is 0. The Kier molecular flexibility index (Phi) is 8.57. The van der Waals surface area contributed by atoms with E-state index in [4.69, 9.17) is 9.47 Å². The number of hydrogen-bond donors (Lipinski definition) is 0. The van der Waals surface area contributed by atoms with Gasteiger partial charge < -0.3 is 9.47 Å². The van der Waals surface area contributed by atoms with Gasteiger partial charge in [0.05, 0.1) is 0 Å². The van der Waals surface area contributed by atoms with Gasteiger partial charge >= 0.3 is 11.9 Å². The lowest BCUT2D eigenvalue weighted by molar-refractivity contribution is -0.129. The van der Waals surface area contributed by atoms with Crippen LogP contribution in [0.5, 0.6) is 11.5 Å². The SMILES string of the molecule is C=CC(=O)Oc1ccc(/C=C(CCC)\C(C)=C\c2ccc(OC(=O)C=C)cc2)cc1. The molecule has 2 rings (SSSR count). The van der Waals surface area contributed by atoms with Crippen LogP contribution in [0, 0.1) is 0 Å². The normalized spacial score (nSPS) is 11.5. The number of esters is 2. The molecule has 0 aromatic heterocycles. The predicted molar refractivity (Wildman–Crippen MR) is 121 cm³/mol. The van der Waals surface area contributed by atoms with Crippen LogP contribution in [0.2, 0.25) is 0 Å². The van der Waals surface area contributed by atoms with Crippen LogP contribution in [-0.2, 0) is 9.59 Å². The predicted octanol–water partition coefficient (Wildman–Crippen LogP) is 6.16. The third kappa shape index (κ3) is 7.06. The van der Waals surface area contributed by atoms with Crippen LogP contribution in [0.3, 0.4) is 0 Å². The molecule has 0 amide bonds. The summed E-state index contributed by atoms with van der Waals surface area (Å²) in [5.74, 6) is 0.0109. The van der Waals surface area contributed by atoms with Gasteiger partial charge in [-0.25, -0.2) is 9.59 Å². The van der Waals surface area contributed by atoms with Gasteiger partial charge in [-0.15, -0.1) is 0 Å². The summed E-state index contributed by atoms with van der Waals surface area (Å²) in [5.41, 5.74) is 4.40. The summed E-state index contributed by atoms with van der Waals surface area (Å²) in [6.07, 6.45) is 8.45. The summed E-state index contributed by atoms with van der Waals surface area (Å²) in [5, 5.41) is 0. The Morgan fingerprint density at radius 3 is 1.63 bits per heavy atom. The quantitative estimate of drug-likeness (QED) is 0.218. The first kappa shape index (κ1) is 22.6. The molecule has 2 aromatic carbocycles. The van der Waals surface area contributed by atoms with Crippen LogP contribution in [-0.4, -0.2) is 11.9 Å². The highest BCUT2D eigenvalue weighted by Gasteiger charge is 2.04. The summed E-state index contributed by atoms with van der Waals surface area (Å²) < 4.78 is 10.2. The maximum atomic E-state index is 11.3. The van der Waals surface area contributed by atoms with Crippen molar-refractivity contribution in [3.63, 3.8) is 0 Å². The highest BCUT2D eigenvalue weighted by atomic mass is 16.5. The van der Waals surface area contributed by atoms with E-state index in [9.17, 15) is 9.59 Å². The van der Waals surface area contributed by atoms with E-state index in [2.05, 4.69) is 39.2 Å². The van der Waals surface area contributed by atoms with Crippen LogP contribution in [0.1, 0.15) is 37.8 Å². The zero-order chi connectivity index (χ0) is 21.9. The van der Waals surface area contributed by atoms with Gasteiger partial charge in [0.1, 0.15) is 11.5 Å². The standard InChI is InChI=1S/C26H26O4/c1-5-8-22(18-21-11-15-24(16-12-21)30-26(28)7-3)19(4)17-20-9-13-23(14-10-20)29-25(27)6-2/h6-7,9-18H,2-3,5,8H2,1,4H3/b19-17+,22-18-. The Hall–Kier alpha value is -3.66. The average Bonchev–Trinajstić information content (AvgIpc) is 2.75.